The predicted octanol–water partition coefficient (Wildman–Crippen LogP) is 2.59. The first-order valence-electron chi connectivity index (χ1n) is 8.86. The minimum absolute atomic E-state index is 0. The molecule has 0 amide bonds. The Balaban J connectivity index is 0.00000576. The van der Waals surface area contributed by atoms with Gasteiger partial charge in [0, 0.05) is 102 Å². The van der Waals surface area contributed by atoms with Crippen LogP contribution in [0.3, 0.4) is 0 Å². The second-order valence-corrected chi connectivity index (χ2v) is 7.63. The molecule has 0 bridgehead atoms. The molecule has 0 N–H and O–H groups in total. The largest absolute Gasteiger partial charge is 0.300 e. The molecule has 4 nitrogen and oxygen atoms in total. The van der Waals surface area contributed by atoms with Gasteiger partial charge in [-0.05, 0) is 0 Å². The second kappa shape index (κ2) is 17.4. The van der Waals surface area contributed by atoms with Crippen molar-refractivity contribution in [1.29, 1.82) is 0 Å². The lowest BCUT2D eigenvalue weighted by Gasteiger charge is -2.33. The highest BCUT2D eigenvalue weighted by Gasteiger charge is 2.15. The smallest absolute Gasteiger partial charge is 0.0351 e. The summed E-state index contributed by atoms with van der Waals surface area (Å²) >= 11 is 23.9. The Morgan fingerprint density at radius 3 is 0.680 bits per heavy atom. The van der Waals surface area contributed by atoms with Gasteiger partial charge in [0.15, 0.2) is 0 Å². The zero-order valence-corrected chi connectivity index (χ0v) is 18.9. The van der Waals surface area contributed by atoms with Crippen molar-refractivity contribution in [2.45, 2.75) is 0 Å². The fraction of sp³-hybridized carbons (Fsp3) is 1.00. The average Bonchev–Trinajstić information content (AvgIpc) is 2.57. The summed E-state index contributed by atoms with van der Waals surface area (Å²) in [5, 5.41) is 0. The van der Waals surface area contributed by atoms with Gasteiger partial charge in [0.05, 0.1) is 0 Å². The summed E-state index contributed by atoms with van der Waals surface area (Å²) in [5.74, 6) is 2.70. The molecule has 25 heavy (non-hydrogen) atoms. The zero-order chi connectivity index (χ0) is 17.6. The Morgan fingerprint density at radius 2 is 0.560 bits per heavy atom. The Bertz CT molecular complexity index is 230. The highest BCUT2D eigenvalue weighted by molar-refractivity contribution is 6.18. The van der Waals surface area contributed by atoms with E-state index in [4.69, 9.17) is 46.4 Å². The van der Waals surface area contributed by atoms with Gasteiger partial charge in [-0.15, -0.1) is 58.8 Å². The van der Waals surface area contributed by atoms with Crippen molar-refractivity contribution in [3.05, 3.63) is 0 Å². The SMILES string of the molecule is Cl.ClCCN1CCN(CCCl)CCN(CCCl)CCN(CCCl)CC1. The summed E-state index contributed by atoms with van der Waals surface area (Å²) in [5.41, 5.74) is 0. The average molecular weight is 459 g/mol. The molecule has 1 heterocycles. The fourth-order valence-corrected chi connectivity index (χ4v) is 3.91. The molecule has 1 aliphatic heterocycles. The summed E-state index contributed by atoms with van der Waals surface area (Å²) in [7, 11) is 0. The lowest BCUT2D eigenvalue weighted by molar-refractivity contribution is 0.144. The van der Waals surface area contributed by atoms with Gasteiger partial charge >= 0.3 is 0 Å². The second-order valence-electron chi connectivity index (χ2n) is 6.12. The molecule has 0 radical (unpaired) electrons. The zero-order valence-electron chi connectivity index (χ0n) is 15.0. The van der Waals surface area contributed by atoms with E-state index >= 15 is 0 Å². The van der Waals surface area contributed by atoms with E-state index in [2.05, 4.69) is 19.6 Å². The molecular weight excluding hydrogens is 425 g/mol. The molecule has 0 aromatic carbocycles. The van der Waals surface area contributed by atoms with E-state index < -0.39 is 0 Å². The van der Waals surface area contributed by atoms with E-state index in [9.17, 15) is 0 Å². The van der Waals surface area contributed by atoms with Gasteiger partial charge < -0.3 is 0 Å². The Kier molecular flexibility index (Phi) is 18.3. The quantitative estimate of drug-likeness (QED) is 0.519. The highest BCUT2D eigenvalue weighted by Crippen LogP contribution is 2.02. The van der Waals surface area contributed by atoms with Crippen LogP contribution >= 0.6 is 58.8 Å². The molecule has 1 aliphatic rings. The van der Waals surface area contributed by atoms with E-state index in [0.717, 1.165) is 78.5 Å². The summed E-state index contributed by atoms with van der Waals surface area (Å²) in [4.78, 5) is 9.81. The number of hydrogen-bond donors (Lipinski definition) is 0. The van der Waals surface area contributed by atoms with Gasteiger partial charge in [0.2, 0.25) is 0 Å². The van der Waals surface area contributed by atoms with Crippen molar-refractivity contribution in [3.63, 3.8) is 0 Å². The molecule has 0 atom stereocenters. The van der Waals surface area contributed by atoms with Crippen molar-refractivity contribution in [3.8, 4) is 0 Å². The van der Waals surface area contributed by atoms with Crippen molar-refractivity contribution < 1.29 is 0 Å². The van der Waals surface area contributed by atoms with Crippen LogP contribution < -0.4 is 0 Å². The third-order valence-electron chi connectivity index (χ3n) is 4.53. The summed E-state index contributed by atoms with van der Waals surface area (Å²) < 4.78 is 0. The first-order chi connectivity index (χ1) is 11.7. The fourth-order valence-electron chi connectivity index (χ4n) is 2.95. The molecule has 0 aromatic heterocycles. The predicted molar refractivity (Wildman–Crippen MR) is 116 cm³/mol. The van der Waals surface area contributed by atoms with Gasteiger partial charge in [-0.2, -0.15) is 0 Å². The number of alkyl halides is 4. The molecule has 0 saturated carbocycles. The lowest BCUT2D eigenvalue weighted by Crippen LogP contribution is -2.47. The molecule has 1 fully saturated rings. The van der Waals surface area contributed by atoms with Crippen molar-refractivity contribution in [2.24, 2.45) is 0 Å². The Hall–Kier alpha value is 1.29. The van der Waals surface area contributed by atoms with Crippen LogP contribution in [0, 0.1) is 0 Å². The molecule has 0 spiro atoms. The van der Waals surface area contributed by atoms with E-state index in [0.29, 0.717) is 23.5 Å². The maximum atomic E-state index is 5.98. The number of nitrogens with zero attached hydrogens (tertiary/aromatic N) is 4. The molecule has 0 unspecified atom stereocenters. The minimum atomic E-state index is 0. The van der Waals surface area contributed by atoms with Crippen LogP contribution in [0.15, 0.2) is 0 Å². The molecule has 0 aliphatic carbocycles. The number of halogens is 5. The Labute approximate surface area is 180 Å². The van der Waals surface area contributed by atoms with E-state index in [1.54, 1.807) is 0 Å². The minimum Gasteiger partial charge on any atom is -0.300 e. The van der Waals surface area contributed by atoms with Gasteiger partial charge in [0.1, 0.15) is 0 Å². The maximum Gasteiger partial charge on any atom is 0.0351 e. The van der Waals surface area contributed by atoms with E-state index in [1.807, 2.05) is 0 Å². The van der Waals surface area contributed by atoms with Crippen LogP contribution in [0.4, 0.5) is 0 Å². The summed E-state index contributed by atoms with van der Waals surface area (Å²) in [6, 6.07) is 0. The van der Waals surface area contributed by atoms with Crippen LogP contribution in [-0.2, 0) is 0 Å². The molecule has 0 aromatic rings. The van der Waals surface area contributed by atoms with Gasteiger partial charge in [-0.1, -0.05) is 0 Å². The number of rotatable bonds is 8. The van der Waals surface area contributed by atoms with E-state index in [-0.39, 0.29) is 12.4 Å². The van der Waals surface area contributed by atoms with Crippen molar-refractivity contribution in [1.82, 2.24) is 19.6 Å². The summed E-state index contributed by atoms with van der Waals surface area (Å²) in [6.07, 6.45) is 0. The van der Waals surface area contributed by atoms with Gasteiger partial charge in [-0.25, -0.2) is 0 Å². The highest BCUT2D eigenvalue weighted by atomic mass is 35.5. The third-order valence-corrected chi connectivity index (χ3v) is 5.21. The van der Waals surface area contributed by atoms with E-state index in [1.165, 1.54) is 0 Å². The number of hydrogen-bond acceptors (Lipinski definition) is 4. The molecule has 9 heteroatoms. The topological polar surface area (TPSA) is 13.0 Å². The van der Waals surface area contributed by atoms with Crippen LogP contribution in [0.25, 0.3) is 0 Å². The van der Waals surface area contributed by atoms with Crippen LogP contribution in [0.5, 0.6) is 0 Å². The van der Waals surface area contributed by atoms with Gasteiger partial charge in [0.25, 0.3) is 0 Å². The van der Waals surface area contributed by atoms with Crippen LogP contribution in [0.2, 0.25) is 0 Å². The molecule has 1 rings (SSSR count). The standard InChI is InChI=1S/C16H32Cl4N4.ClH/c17-1-5-21-9-11-22(6-2-18)13-15-24(8-4-20)16-14-23(7-3-19)12-10-21;/h1-16H2;1H. The normalized spacial score (nSPS) is 20.6. The van der Waals surface area contributed by atoms with Crippen molar-refractivity contribution in [2.75, 3.05) is 102 Å². The van der Waals surface area contributed by atoms with Crippen LogP contribution in [-0.4, -0.2) is 122 Å². The molecule has 1 saturated heterocycles. The first kappa shape index (κ1) is 26.3. The van der Waals surface area contributed by atoms with Crippen LogP contribution in [0.1, 0.15) is 0 Å². The Morgan fingerprint density at radius 1 is 0.400 bits per heavy atom. The third kappa shape index (κ3) is 12.4. The monoisotopic (exact) mass is 456 g/mol. The maximum absolute atomic E-state index is 5.98. The van der Waals surface area contributed by atoms with Gasteiger partial charge in [-0.3, -0.25) is 19.6 Å². The molecule has 152 valence electrons. The first-order valence-corrected chi connectivity index (χ1v) is 11.0. The van der Waals surface area contributed by atoms with Crippen molar-refractivity contribution >= 4 is 58.8 Å². The lowest BCUT2D eigenvalue weighted by atomic mass is 10.3. The molecular formula is C16H33Cl5N4. The summed E-state index contributed by atoms with van der Waals surface area (Å²) in [6.45, 7) is 12.0.